The summed E-state index contributed by atoms with van der Waals surface area (Å²) in [5.74, 6) is 0.835. The van der Waals surface area contributed by atoms with Gasteiger partial charge in [-0.1, -0.05) is 22.0 Å². The van der Waals surface area contributed by atoms with E-state index in [9.17, 15) is 9.90 Å². The summed E-state index contributed by atoms with van der Waals surface area (Å²) in [5, 5.41) is 13.5. The zero-order valence-corrected chi connectivity index (χ0v) is 14.7. The Labute approximate surface area is 143 Å². The third-order valence-electron chi connectivity index (χ3n) is 4.29. The molecule has 1 aliphatic carbocycles. The van der Waals surface area contributed by atoms with Gasteiger partial charge in [-0.15, -0.1) is 0 Å². The van der Waals surface area contributed by atoms with Crippen LogP contribution in [-0.2, 0) is 24.2 Å². The second-order valence-corrected chi connectivity index (χ2v) is 6.96. The van der Waals surface area contributed by atoms with Gasteiger partial charge in [0.1, 0.15) is 11.4 Å². The van der Waals surface area contributed by atoms with Crippen LogP contribution in [0.15, 0.2) is 27.1 Å². The summed E-state index contributed by atoms with van der Waals surface area (Å²) in [6, 6.07) is 5.94. The molecule has 1 heterocycles. The molecule has 23 heavy (non-hydrogen) atoms. The Morgan fingerprint density at radius 2 is 2.22 bits per heavy atom. The van der Waals surface area contributed by atoms with Crippen LogP contribution in [0.25, 0.3) is 0 Å². The Balaban J connectivity index is 1.69. The highest BCUT2D eigenvalue weighted by atomic mass is 79.9. The van der Waals surface area contributed by atoms with Gasteiger partial charge in [0.25, 0.3) is 5.91 Å². The highest BCUT2D eigenvalue weighted by molar-refractivity contribution is 9.10. The molecule has 1 aromatic heterocycles. The van der Waals surface area contributed by atoms with Crippen LogP contribution in [0.3, 0.4) is 0 Å². The van der Waals surface area contributed by atoms with E-state index < -0.39 is 5.60 Å². The minimum Gasteiger partial charge on any atom is -0.444 e. The van der Waals surface area contributed by atoms with E-state index in [0.29, 0.717) is 30.9 Å². The van der Waals surface area contributed by atoms with Crippen LogP contribution in [0.5, 0.6) is 0 Å². The smallest absolute Gasteiger partial charge is 0.252 e. The topological polar surface area (TPSA) is 75.4 Å². The number of rotatable bonds is 3. The molecule has 6 heteroatoms. The molecular weight excluding hydrogens is 360 g/mol. The average molecular weight is 379 g/mol. The molecule has 3 rings (SSSR count). The number of halogens is 1. The maximum Gasteiger partial charge on any atom is 0.252 e. The minimum atomic E-state index is -1.37. The Hall–Kier alpha value is -1.66. The van der Waals surface area contributed by atoms with Crippen LogP contribution in [0.1, 0.15) is 34.9 Å². The van der Waals surface area contributed by atoms with Gasteiger partial charge in [-0.2, -0.15) is 0 Å². The summed E-state index contributed by atoms with van der Waals surface area (Å²) in [6.07, 6.45) is 1.42. The number of oxazole rings is 1. The van der Waals surface area contributed by atoms with Gasteiger partial charge in [-0.3, -0.25) is 4.79 Å². The number of hydrogen-bond acceptors (Lipinski definition) is 4. The molecule has 0 saturated heterocycles. The summed E-state index contributed by atoms with van der Waals surface area (Å²) < 4.78 is 6.46. The monoisotopic (exact) mass is 378 g/mol. The van der Waals surface area contributed by atoms with E-state index in [1.165, 1.54) is 5.56 Å². The van der Waals surface area contributed by atoms with Crippen molar-refractivity contribution in [3.05, 3.63) is 51.1 Å². The number of amides is 1. The zero-order valence-electron chi connectivity index (χ0n) is 13.1. The molecule has 1 unspecified atom stereocenters. The first-order valence-electron chi connectivity index (χ1n) is 7.58. The molecule has 1 atom stereocenters. The molecule has 0 bridgehead atoms. The normalized spacial score (nSPS) is 20.2. The standard InChI is InChI=1S/C17H19BrN2O3/c1-10-15(23-11(2)20-10)9-19-16(21)17(22)6-5-12-7-14(18)4-3-13(12)8-17/h3-4,7,22H,5-6,8-9H2,1-2H3,(H,19,21). The lowest BCUT2D eigenvalue weighted by molar-refractivity contribution is -0.141. The van der Waals surface area contributed by atoms with Gasteiger partial charge in [0.15, 0.2) is 5.89 Å². The van der Waals surface area contributed by atoms with Crippen molar-refractivity contribution in [3.8, 4) is 0 Å². The Kier molecular flexibility index (Phi) is 4.29. The first-order chi connectivity index (χ1) is 10.9. The van der Waals surface area contributed by atoms with Gasteiger partial charge in [0.05, 0.1) is 12.2 Å². The van der Waals surface area contributed by atoms with E-state index in [4.69, 9.17) is 4.42 Å². The Morgan fingerprint density at radius 1 is 1.43 bits per heavy atom. The van der Waals surface area contributed by atoms with Gasteiger partial charge in [-0.05, 0) is 43.0 Å². The van der Waals surface area contributed by atoms with Gasteiger partial charge in [0.2, 0.25) is 0 Å². The predicted molar refractivity (Wildman–Crippen MR) is 88.9 cm³/mol. The van der Waals surface area contributed by atoms with Crippen molar-refractivity contribution in [3.63, 3.8) is 0 Å². The van der Waals surface area contributed by atoms with E-state index >= 15 is 0 Å². The number of hydrogen-bond donors (Lipinski definition) is 2. The lowest BCUT2D eigenvalue weighted by Gasteiger charge is -2.32. The first-order valence-corrected chi connectivity index (χ1v) is 8.37. The lowest BCUT2D eigenvalue weighted by Crippen LogP contribution is -2.50. The van der Waals surface area contributed by atoms with E-state index in [0.717, 1.165) is 15.7 Å². The van der Waals surface area contributed by atoms with Crippen molar-refractivity contribution in [1.29, 1.82) is 0 Å². The molecule has 1 aromatic carbocycles. The van der Waals surface area contributed by atoms with Crippen LogP contribution >= 0.6 is 15.9 Å². The van der Waals surface area contributed by atoms with Crippen molar-refractivity contribution >= 4 is 21.8 Å². The fraction of sp³-hybridized carbons (Fsp3) is 0.412. The van der Waals surface area contributed by atoms with Gasteiger partial charge >= 0.3 is 0 Å². The summed E-state index contributed by atoms with van der Waals surface area (Å²) in [5.41, 5.74) is 1.58. The second-order valence-electron chi connectivity index (χ2n) is 6.05. The highest BCUT2D eigenvalue weighted by Crippen LogP contribution is 2.31. The molecule has 0 spiro atoms. The van der Waals surface area contributed by atoms with Crippen molar-refractivity contribution < 1.29 is 14.3 Å². The Morgan fingerprint density at radius 3 is 2.91 bits per heavy atom. The van der Waals surface area contributed by atoms with Crippen molar-refractivity contribution in [2.45, 2.75) is 45.3 Å². The Bertz CT molecular complexity index is 756. The maximum absolute atomic E-state index is 12.5. The number of benzene rings is 1. The van der Waals surface area contributed by atoms with Crippen LogP contribution in [0, 0.1) is 13.8 Å². The molecule has 0 fully saturated rings. The average Bonchev–Trinajstić information content (AvgIpc) is 2.83. The number of aromatic nitrogens is 1. The summed E-state index contributed by atoms with van der Waals surface area (Å²) in [4.78, 5) is 16.6. The third kappa shape index (κ3) is 3.33. The first kappa shape index (κ1) is 16.2. The highest BCUT2D eigenvalue weighted by Gasteiger charge is 2.39. The fourth-order valence-electron chi connectivity index (χ4n) is 3.00. The molecule has 5 nitrogen and oxygen atoms in total. The van der Waals surface area contributed by atoms with Gasteiger partial charge in [0, 0.05) is 17.8 Å². The zero-order chi connectivity index (χ0) is 16.6. The predicted octanol–water partition coefficient (Wildman–Crippen LogP) is 2.59. The van der Waals surface area contributed by atoms with E-state index in [1.54, 1.807) is 6.92 Å². The number of carbonyl (C=O) groups is 1. The lowest BCUT2D eigenvalue weighted by atomic mass is 9.80. The third-order valence-corrected chi connectivity index (χ3v) is 4.78. The van der Waals surface area contributed by atoms with Crippen LogP contribution < -0.4 is 5.32 Å². The molecule has 0 aliphatic heterocycles. The molecule has 1 amide bonds. The number of nitrogens with zero attached hydrogens (tertiary/aromatic N) is 1. The van der Waals surface area contributed by atoms with Crippen LogP contribution in [-0.4, -0.2) is 21.6 Å². The van der Waals surface area contributed by atoms with Crippen LogP contribution in [0.2, 0.25) is 0 Å². The molecule has 2 aromatic rings. The quantitative estimate of drug-likeness (QED) is 0.860. The number of nitrogens with one attached hydrogen (secondary N) is 1. The summed E-state index contributed by atoms with van der Waals surface area (Å²) in [7, 11) is 0. The number of carbonyl (C=O) groups excluding carboxylic acids is 1. The van der Waals surface area contributed by atoms with Crippen LogP contribution in [0.4, 0.5) is 0 Å². The number of fused-ring (bicyclic) bond motifs is 1. The minimum absolute atomic E-state index is 0.237. The largest absolute Gasteiger partial charge is 0.444 e. The maximum atomic E-state index is 12.5. The van der Waals surface area contributed by atoms with Crippen molar-refractivity contribution in [2.24, 2.45) is 0 Å². The summed E-state index contributed by atoms with van der Waals surface area (Å²) >= 11 is 3.45. The number of aryl methyl sites for hydroxylation is 3. The number of aliphatic hydroxyl groups is 1. The van der Waals surface area contributed by atoms with E-state index in [2.05, 4.69) is 26.2 Å². The molecule has 0 radical (unpaired) electrons. The van der Waals surface area contributed by atoms with E-state index in [1.807, 2.05) is 25.1 Å². The molecule has 2 N–H and O–H groups in total. The molecule has 122 valence electrons. The van der Waals surface area contributed by atoms with Crippen molar-refractivity contribution in [2.75, 3.05) is 0 Å². The molecule has 0 saturated carbocycles. The van der Waals surface area contributed by atoms with Gasteiger partial charge < -0.3 is 14.8 Å². The summed E-state index contributed by atoms with van der Waals surface area (Å²) in [6.45, 7) is 3.84. The molecular formula is C17H19BrN2O3. The van der Waals surface area contributed by atoms with Gasteiger partial charge in [-0.25, -0.2) is 4.98 Å². The van der Waals surface area contributed by atoms with Crippen molar-refractivity contribution in [1.82, 2.24) is 10.3 Å². The fourth-order valence-corrected chi connectivity index (χ4v) is 3.41. The second kappa shape index (κ2) is 6.09. The SMILES string of the molecule is Cc1nc(C)c(CNC(=O)C2(O)CCc3cc(Br)ccc3C2)o1. The van der Waals surface area contributed by atoms with E-state index in [-0.39, 0.29) is 12.5 Å². The molecule has 1 aliphatic rings.